The summed E-state index contributed by atoms with van der Waals surface area (Å²) in [7, 11) is 0. The number of aliphatic hydroxyl groups is 1. The molecule has 0 radical (unpaired) electrons. The van der Waals surface area contributed by atoms with Crippen molar-refractivity contribution in [2.45, 2.75) is 58.6 Å². The third-order valence-corrected chi connectivity index (χ3v) is 5.87. The number of nitrogens with one attached hydrogen (secondary N) is 1. The Bertz CT molecular complexity index is 543. The van der Waals surface area contributed by atoms with Crippen LogP contribution in [0.4, 0.5) is 0 Å². The molecule has 1 aliphatic carbocycles. The number of aliphatic hydroxyl groups excluding tert-OH is 1. The fourth-order valence-corrected chi connectivity index (χ4v) is 4.27. The average Bonchev–Trinajstić information content (AvgIpc) is 2.82. The van der Waals surface area contributed by atoms with E-state index in [1.165, 1.54) is 0 Å². The molecule has 1 aromatic heterocycles. The predicted molar refractivity (Wildman–Crippen MR) is 89.1 cm³/mol. The topological polar surface area (TPSA) is 67.3 Å². The molecule has 2 fully saturated rings. The van der Waals surface area contributed by atoms with Gasteiger partial charge in [0.05, 0.1) is 6.10 Å². The summed E-state index contributed by atoms with van der Waals surface area (Å²) in [5.74, 6) is 1.15. The van der Waals surface area contributed by atoms with Crippen molar-refractivity contribution in [2.75, 3.05) is 19.8 Å². The third kappa shape index (κ3) is 3.42. The Hall–Kier alpha value is -1.04. The molecule has 3 rings (SSSR count). The zero-order chi connectivity index (χ0) is 16.4. The highest BCUT2D eigenvalue weighted by molar-refractivity contribution is 5.19. The summed E-state index contributed by atoms with van der Waals surface area (Å²) in [6.07, 6.45) is 5.95. The molecule has 5 nitrogen and oxygen atoms in total. The van der Waals surface area contributed by atoms with Crippen LogP contribution in [0.5, 0.6) is 0 Å². The van der Waals surface area contributed by atoms with E-state index in [9.17, 15) is 5.11 Å². The standard InChI is InChI=1S/C18H29N3O2/c1-12(16-11-20-14(3)21-13(16)2)19-10-15-4-5-18(17(15)22)6-8-23-9-7-18/h11-12,15,17,19,22H,4-10H2,1-3H3. The van der Waals surface area contributed by atoms with E-state index < -0.39 is 0 Å². The number of rotatable bonds is 4. The van der Waals surface area contributed by atoms with E-state index in [0.717, 1.165) is 62.5 Å². The van der Waals surface area contributed by atoms with E-state index in [1.807, 2.05) is 20.0 Å². The molecule has 0 amide bonds. The summed E-state index contributed by atoms with van der Waals surface area (Å²) in [5, 5.41) is 14.4. The first-order valence-corrected chi connectivity index (χ1v) is 8.81. The molecule has 1 aromatic rings. The molecule has 3 atom stereocenters. The molecule has 2 N–H and O–H groups in total. The predicted octanol–water partition coefficient (Wildman–Crippen LogP) is 2.31. The lowest BCUT2D eigenvalue weighted by Crippen LogP contribution is -2.41. The molecule has 3 unspecified atom stereocenters. The molecule has 128 valence electrons. The summed E-state index contributed by atoms with van der Waals surface area (Å²) in [4.78, 5) is 8.75. The summed E-state index contributed by atoms with van der Waals surface area (Å²) < 4.78 is 5.48. The van der Waals surface area contributed by atoms with Crippen LogP contribution in [0.3, 0.4) is 0 Å². The van der Waals surface area contributed by atoms with Crippen molar-refractivity contribution in [3.05, 3.63) is 23.3 Å². The van der Waals surface area contributed by atoms with Gasteiger partial charge in [-0.3, -0.25) is 0 Å². The van der Waals surface area contributed by atoms with Crippen molar-refractivity contribution >= 4 is 0 Å². The Balaban J connectivity index is 1.58. The summed E-state index contributed by atoms with van der Waals surface area (Å²) >= 11 is 0. The summed E-state index contributed by atoms with van der Waals surface area (Å²) in [6, 6.07) is 0.203. The Morgan fingerprint density at radius 3 is 2.78 bits per heavy atom. The molecule has 23 heavy (non-hydrogen) atoms. The molecule has 0 bridgehead atoms. The second-order valence-corrected chi connectivity index (χ2v) is 7.31. The van der Waals surface area contributed by atoms with Gasteiger partial charge in [-0.05, 0) is 52.4 Å². The number of ether oxygens (including phenoxy) is 1. The van der Waals surface area contributed by atoms with Gasteiger partial charge in [-0.1, -0.05) is 0 Å². The van der Waals surface area contributed by atoms with Gasteiger partial charge in [-0.15, -0.1) is 0 Å². The number of hydrogen-bond donors (Lipinski definition) is 2. The molecule has 0 aromatic carbocycles. The highest BCUT2D eigenvalue weighted by atomic mass is 16.5. The number of nitrogens with zero attached hydrogens (tertiary/aromatic N) is 2. The minimum absolute atomic E-state index is 0.108. The van der Waals surface area contributed by atoms with Crippen LogP contribution in [0.1, 0.15) is 55.7 Å². The van der Waals surface area contributed by atoms with Crippen molar-refractivity contribution in [2.24, 2.45) is 11.3 Å². The number of aromatic nitrogens is 2. The maximum Gasteiger partial charge on any atom is 0.125 e. The Kier molecular flexibility index (Phi) is 4.99. The molecule has 1 aliphatic heterocycles. The van der Waals surface area contributed by atoms with Gasteiger partial charge < -0.3 is 15.2 Å². The van der Waals surface area contributed by atoms with Crippen molar-refractivity contribution in [3.63, 3.8) is 0 Å². The summed E-state index contributed by atoms with van der Waals surface area (Å²) in [6.45, 7) is 8.53. The zero-order valence-corrected chi connectivity index (χ0v) is 14.5. The first-order valence-electron chi connectivity index (χ1n) is 8.81. The molecular weight excluding hydrogens is 290 g/mol. The van der Waals surface area contributed by atoms with E-state index in [1.54, 1.807) is 0 Å². The van der Waals surface area contributed by atoms with Gasteiger partial charge in [0.2, 0.25) is 0 Å². The Morgan fingerprint density at radius 2 is 2.09 bits per heavy atom. The van der Waals surface area contributed by atoms with Gasteiger partial charge in [0, 0.05) is 48.7 Å². The van der Waals surface area contributed by atoms with E-state index in [0.29, 0.717) is 5.92 Å². The lowest BCUT2D eigenvalue weighted by Gasteiger charge is -2.37. The first-order chi connectivity index (χ1) is 11.0. The minimum atomic E-state index is -0.207. The van der Waals surface area contributed by atoms with E-state index in [2.05, 4.69) is 22.2 Å². The lowest BCUT2D eigenvalue weighted by atomic mass is 9.76. The van der Waals surface area contributed by atoms with E-state index in [-0.39, 0.29) is 17.6 Å². The van der Waals surface area contributed by atoms with Crippen molar-refractivity contribution in [1.29, 1.82) is 0 Å². The van der Waals surface area contributed by atoms with Crippen LogP contribution in [-0.2, 0) is 4.74 Å². The molecule has 2 heterocycles. The lowest BCUT2D eigenvalue weighted by molar-refractivity contribution is -0.0558. The largest absolute Gasteiger partial charge is 0.392 e. The molecule has 2 aliphatic rings. The normalized spacial score (nSPS) is 28.2. The van der Waals surface area contributed by atoms with Crippen molar-refractivity contribution in [1.82, 2.24) is 15.3 Å². The van der Waals surface area contributed by atoms with Crippen LogP contribution in [0.2, 0.25) is 0 Å². The molecular formula is C18H29N3O2. The molecule has 1 saturated heterocycles. The third-order valence-electron chi connectivity index (χ3n) is 5.87. The number of aryl methyl sites for hydroxylation is 2. The maximum atomic E-state index is 10.8. The van der Waals surface area contributed by atoms with Crippen LogP contribution in [0, 0.1) is 25.2 Å². The highest BCUT2D eigenvalue weighted by Crippen LogP contribution is 2.48. The first kappa shape index (κ1) is 16.8. The van der Waals surface area contributed by atoms with Gasteiger partial charge in [-0.2, -0.15) is 0 Å². The molecule has 1 spiro atoms. The highest BCUT2D eigenvalue weighted by Gasteiger charge is 2.47. The van der Waals surface area contributed by atoms with E-state index >= 15 is 0 Å². The smallest absolute Gasteiger partial charge is 0.125 e. The van der Waals surface area contributed by atoms with Gasteiger partial charge in [0.1, 0.15) is 5.82 Å². The SMILES string of the molecule is Cc1ncc(C(C)NCC2CCC3(CCOCC3)C2O)c(C)n1. The summed E-state index contributed by atoms with van der Waals surface area (Å²) in [5.41, 5.74) is 2.28. The van der Waals surface area contributed by atoms with Crippen LogP contribution >= 0.6 is 0 Å². The van der Waals surface area contributed by atoms with Crippen molar-refractivity contribution in [3.8, 4) is 0 Å². The monoisotopic (exact) mass is 319 g/mol. The van der Waals surface area contributed by atoms with Gasteiger partial charge in [0.25, 0.3) is 0 Å². The fourth-order valence-electron chi connectivity index (χ4n) is 4.27. The van der Waals surface area contributed by atoms with E-state index in [4.69, 9.17) is 4.74 Å². The quantitative estimate of drug-likeness (QED) is 0.891. The van der Waals surface area contributed by atoms with Gasteiger partial charge in [-0.25, -0.2) is 9.97 Å². The minimum Gasteiger partial charge on any atom is -0.392 e. The van der Waals surface area contributed by atoms with Crippen LogP contribution in [-0.4, -0.2) is 40.9 Å². The Labute approximate surface area is 138 Å². The van der Waals surface area contributed by atoms with Crippen LogP contribution in [0.15, 0.2) is 6.20 Å². The Morgan fingerprint density at radius 1 is 1.35 bits per heavy atom. The molecule has 5 heteroatoms. The average molecular weight is 319 g/mol. The van der Waals surface area contributed by atoms with Gasteiger partial charge >= 0.3 is 0 Å². The second kappa shape index (κ2) is 6.83. The fraction of sp³-hybridized carbons (Fsp3) is 0.778. The molecule has 1 saturated carbocycles. The van der Waals surface area contributed by atoms with Crippen molar-refractivity contribution < 1.29 is 9.84 Å². The van der Waals surface area contributed by atoms with Crippen LogP contribution < -0.4 is 5.32 Å². The number of hydrogen-bond acceptors (Lipinski definition) is 5. The zero-order valence-electron chi connectivity index (χ0n) is 14.5. The van der Waals surface area contributed by atoms with Gasteiger partial charge in [0.15, 0.2) is 0 Å². The maximum absolute atomic E-state index is 10.8. The second-order valence-electron chi connectivity index (χ2n) is 7.31. The van der Waals surface area contributed by atoms with Crippen LogP contribution in [0.25, 0.3) is 0 Å².